The van der Waals surface area contributed by atoms with Crippen molar-refractivity contribution >= 4 is 29.1 Å². The van der Waals surface area contributed by atoms with Gasteiger partial charge in [0.1, 0.15) is 5.82 Å². The first kappa shape index (κ1) is 22.9. The van der Waals surface area contributed by atoms with Gasteiger partial charge < -0.3 is 14.7 Å². The number of nitrogens with one attached hydrogen (secondary N) is 1. The summed E-state index contributed by atoms with van der Waals surface area (Å²) in [6, 6.07) is 12.8. The molecule has 0 spiro atoms. The zero-order chi connectivity index (χ0) is 23.2. The number of anilines is 1. The van der Waals surface area contributed by atoms with E-state index in [9.17, 15) is 14.0 Å². The van der Waals surface area contributed by atoms with E-state index in [2.05, 4.69) is 15.5 Å². The first-order valence-electron chi connectivity index (χ1n) is 10.6. The van der Waals surface area contributed by atoms with Gasteiger partial charge in [-0.25, -0.2) is 4.39 Å². The highest BCUT2D eigenvalue weighted by molar-refractivity contribution is 6.30. The van der Waals surface area contributed by atoms with Crippen LogP contribution in [0.25, 0.3) is 11.4 Å². The molecule has 33 heavy (non-hydrogen) atoms. The third-order valence-corrected chi connectivity index (χ3v) is 5.60. The first-order chi connectivity index (χ1) is 16.0. The second-order valence-electron chi connectivity index (χ2n) is 7.73. The number of carbonyl (C=O) groups is 2. The lowest BCUT2D eigenvalue weighted by Crippen LogP contribution is -2.50. The number of amides is 2. The summed E-state index contributed by atoms with van der Waals surface area (Å²) in [6.07, 6.45) is 0.632. The van der Waals surface area contributed by atoms with Crippen LogP contribution in [0.1, 0.15) is 12.3 Å². The minimum absolute atomic E-state index is 0.0108. The quantitative estimate of drug-likeness (QED) is 0.568. The molecule has 2 aromatic carbocycles. The molecule has 10 heteroatoms. The molecule has 4 rings (SSSR count). The largest absolute Gasteiger partial charge is 0.340 e. The zero-order valence-corrected chi connectivity index (χ0v) is 18.6. The summed E-state index contributed by atoms with van der Waals surface area (Å²) in [5.41, 5.74) is 1.34. The average Bonchev–Trinajstić information content (AvgIpc) is 3.29. The Bertz CT molecular complexity index is 1100. The Morgan fingerprint density at radius 3 is 2.42 bits per heavy atom. The van der Waals surface area contributed by atoms with E-state index in [1.54, 1.807) is 17.0 Å². The maximum Gasteiger partial charge on any atom is 0.238 e. The van der Waals surface area contributed by atoms with E-state index in [1.807, 2.05) is 17.0 Å². The van der Waals surface area contributed by atoms with Gasteiger partial charge in [-0.15, -0.1) is 0 Å². The Kier molecular flexibility index (Phi) is 7.31. The predicted octanol–water partition coefficient (Wildman–Crippen LogP) is 3.24. The van der Waals surface area contributed by atoms with Gasteiger partial charge in [0.05, 0.1) is 6.54 Å². The standard InChI is InChI=1S/C23H23ClFN5O3/c24-17-3-1-16(2-4-17)23-27-21(33-28-23)9-10-22(32)30-13-11-29(12-14-30)15-20(31)26-19-7-5-18(25)6-8-19/h1-8H,9-15H2,(H,26,31). The molecule has 0 radical (unpaired) electrons. The third kappa shape index (κ3) is 6.36. The molecule has 1 N–H and O–H groups in total. The van der Waals surface area contributed by atoms with E-state index >= 15 is 0 Å². The van der Waals surface area contributed by atoms with Crippen molar-refractivity contribution in [2.45, 2.75) is 12.8 Å². The number of halogens is 2. The van der Waals surface area contributed by atoms with Crippen molar-refractivity contribution in [1.29, 1.82) is 0 Å². The second kappa shape index (κ2) is 10.5. The van der Waals surface area contributed by atoms with Crippen LogP contribution in [0.4, 0.5) is 10.1 Å². The van der Waals surface area contributed by atoms with E-state index in [4.69, 9.17) is 16.1 Å². The number of carbonyl (C=O) groups excluding carboxylic acids is 2. The molecule has 0 atom stereocenters. The number of hydrogen-bond acceptors (Lipinski definition) is 6. The highest BCUT2D eigenvalue weighted by Crippen LogP contribution is 2.19. The van der Waals surface area contributed by atoms with Gasteiger partial charge in [-0.3, -0.25) is 14.5 Å². The highest BCUT2D eigenvalue weighted by atomic mass is 35.5. The molecule has 0 aliphatic carbocycles. The topological polar surface area (TPSA) is 91.6 Å². The minimum atomic E-state index is -0.352. The maximum absolute atomic E-state index is 13.0. The highest BCUT2D eigenvalue weighted by Gasteiger charge is 2.23. The van der Waals surface area contributed by atoms with Crippen LogP contribution >= 0.6 is 11.6 Å². The molecular formula is C23H23ClFN5O3. The SMILES string of the molecule is O=C(CN1CCN(C(=O)CCc2nc(-c3ccc(Cl)cc3)no2)CC1)Nc1ccc(F)cc1. The van der Waals surface area contributed by atoms with Crippen molar-refractivity contribution < 1.29 is 18.5 Å². The Morgan fingerprint density at radius 2 is 1.73 bits per heavy atom. The molecule has 0 bridgehead atoms. The number of rotatable bonds is 7. The number of aromatic nitrogens is 2. The third-order valence-electron chi connectivity index (χ3n) is 5.34. The predicted molar refractivity (Wildman–Crippen MR) is 121 cm³/mol. The summed E-state index contributed by atoms with van der Waals surface area (Å²) in [5.74, 6) is 0.354. The summed E-state index contributed by atoms with van der Waals surface area (Å²) in [6.45, 7) is 2.51. The normalized spacial score (nSPS) is 14.3. The lowest BCUT2D eigenvalue weighted by Gasteiger charge is -2.34. The van der Waals surface area contributed by atoms with Crippen LogP contribution in [0, 0.1) is 5.82 Å². The molecule has 1 aliphatic heterocycles. The van der Waals surface area contributed by atoms with Gasteiger partial charge >= 0.3 is 0 Å². The van der Waals surface area contributed by atoms with E-state index in [1.165, 1.54) is 24.3 Å². The van der Waals surface area contributed by atoms with E-state index < -0.39 is 0 Å². The van der Waals surface area contributed by atoms with Crippen LogP contribution in [0.5, 0.6) is 0 Å². The summed E-state index contributed by atoms with van der Waals surface area (Å²) in [4.78, 5) is 32.9. The van der Waals surface area contributed by atoms with Crippen molar-refractivity contribution in [3.63, 3.8) is 0 Å². The van der Waals surface area contributed by atoms with Gasteiger partial charge in [0, 0.05) is 55.3 Å². The second-order valence-corrected chi connectivity index (χ2v) is 8.17. The molecule has 0 saturated carbocycles. The number of hydrogen-bond donors (Lipinski definition) is 1. The molecule has 3 aromatic rings. The molecule has 1 saturated heterocycles. The smallest absolute Gasteiger partial charge is 0.238 e. The fraction of sp³-hybridized carbons (Fsp3) is 0.304. The number of nitrogens with zero attached hydrogens (tertiary/aromatic N) is 4. The van der Waals surface area contributed by atoms with Gasteiger partial charge in [0.25, 0.3) is 0 Å². The van der Waals surface area contributed by atoms with Crippen LogP contribution in [0.2, 0.25) is 5.02 Å². The van der Waals surface area contributed by atoms with Crippen molar-refractivity contribution in [2.24, 2.45) is 0 Å². The van der Waals surface area contributed by atoms with Crippen LogP contribution in [-0.2, 0) is 16.0 Å². The number of benzene rings is 2. The van der Waals surface area contributed by atoms with Gasteiger partial charge in [0.15, 0.2) is 0 Å². The lowest BCUT2D eigenvalue weighted by molar-refractivity contribution is -0.133. The minimum Gasteiger partial charge on any atom is -0.340 e. The fourth-order valence-corrected chi connectivity index (χ4v) is 3.66. The molecule has 2 amide bonds. The lowest BCUT2D eigenvalue weighted by atomic mass is 10.2. The summed E-state index contributed by atoms with van der Waals surface area (Å²) in [5, 5.41) is 7.34. The molecule has 2 heterocycles. The monoisotopic (exact) mass is 471 g/mol. The van der Waals surface area contributed by atoms with Crippen LogP contribution < -0.4 is 5.32 Å². The Balaban J connectivity index is 1.19. The van der Waals surface area contributed by atoms with Crippen molar-refractivity contribution in [2.75, 3.05) is 38.0 Å². The molecule has 172 valence electrons. The Hall–Kier alpha value is -3.30. The van der Waals surface area contributed by atoms with E-state index in [0.29, 0.717) is 55.0 Å². The Morgan fingerprint density at radius 1 is 1.03 bits per heavy atom. The first-order valence-corrected chi connectivity index (χ1v) is 11.0. The van der Waals surface area contributed by atoms with Gasteiger partial charge in [0.2, 0.25) is 23.5 Å². The number of aryl methyl sites for hydroxylation is 1. The van der Waals surface area contributed by atoms with Gasteiger partial charge in [-0.05, 0) is 48.5 Å². The average molecular weight is 472 g/mol. The van der Waals surface area contributed by atoms with Gasteiger partial charge in [-0.1, -0.05) is 16.8 Å². The molecule has 1 aromatic heterocycles. The molecule has 0 unspecified atom stereocenters. The van der Waals surface area contributed by atoms with Crippen molar-refractivity contribution in [3.8, 4) is 11.4 Å². The summed E-state index contributed by atoms with van der Waals surface area (Å²) in [7, 11) is 0. The van der Waals surface area contributed by atoms with Crippen LogP contribution in [-0.4, -0.2) is 64.5 Å². The van der Waals surface area contributed by atoms with Crippen LogP contribution in [0.15, 0.2) is 53.1 Å². The zero-order valence-electron chi connectivity index (χ0n) is 17.8. The summed E-state index contributed by atoms with van der Waals surface area (Å²) >= 11 is 5.89. The maximum atomic E-state index is 13.0. The van der Waals surface area contributed by atoms with Gasteiger partial charge in [-0.2, -0.15) is 4.98 Å². The van der Waals surface area contributed by atoms with E-state index in [-0.39, 0.29) is 30.6 Å². The molecule has 8 nitrogen and oxygen atoms in total. The van der Waals surface area contributed by atoms with Crippen molar-refractivity contribution in [1.82, 2.24) is 19.9 Å². The molecular weight excluding hydrogens is 449 g/mol. The van der Waals surface area contributed by atoms with E-state index in [0.717, 1.165) is 5.56 Å². The number of piperazine rings is 1. The van der Waals surface area contributed by atoms with Crippen molar-refractivity contribution in [3.05, 3.63) is 65.3 Å². The molecule has 1 aliphatic rings. The molecule has 1 fully saturated rings. The summed E-state index contributed by atoms with van der Waals surface area (Å²) < 4.78 is 18.2. The fourth-order valence-electron chi connectivity index (χ4n) is 3.54. The Labute approximate surface area is 195 Å². The van der Waals surface area contributed by atoms with Crippen LogP contribution in [0.3, 0.4) is 0 Å².